The lowest BCUT2D eigenvalue weighted by atomic mass is 9.79. The van der Waals surface area contributed by atoms with Crippen LogP contribution in [0.15, 0.2) is 42.5 Å². The number of nitrogens with one attached hydrogen (secondary N) is 2. The van der Waals surface area contributed by atoms with Crippen LogP contribution in [0.3, 0.4) is 0 Å². The summed E-state index contributed by atoms with van der Waals surface area (Å²) in [4.78, 5) is 29.2. The van der Waals surface area contributed by atoms with Gasteiger partial charge in [-0.2, -0.15) is 0 Å². The number of hydrogen-bond donors (Lipinski definition) is 3. The maximum absolute atomic E-state index is 12.6. The Morgan fingerprint density at radius 1 is 1.08 bits per heavy atom. The average molecular weight is 536 g/mol. The molecule has 1 aliphatic heterocycles. The Kier molecular flexibility index (Phi) is 9.35. The molecule has 0 bridgehead atoms. The average Bonchev–Trinajstić information content (AvgIpc) is 2.93. The summed E-state index contributed by atoms with van der Waals surface area (Å²) in [5, 5.41) is 15.6. The molecule has 0 saturated heterocycles. The monoisotopic (exact) mass is 535 g/mol. The molecule has 0 spiro atoms. The number of rotatable bonds is 11. The third kappa shape index (κ3) is 7.50. The third-order valence-corrected chi connectivity index (χ3v) is 8.49. The number of aliphatic carboxylic acids is 1. The minimum absolute atomic E-state index is 0.142. The van der Waals surface area contributed by atoms with Crippen molar-refractivity contribution in [3.05, 3.63) is 59.3 Å². The Bertz CT molecular complexity index is 1100. The van der Waals surface area contributed by atoms with Gasteiger partial charge in [0, 0.05) is 31.2 Å². The maximum atomic E-state index is 12.6. The van der Waals surface area contributed by atoms with Crippen molar-refractivity contribution in [3.63, 3.8) is 0 Å². The second-order valence-corrected chi connectivity index (χ2v) is 11.3. The first kappa shape index (κ1) is 27.4. The molecule has 210 valence electrons. The van der Waals surface area contributed by atoms with E-state index >= 15 is 0 Å². The van der Waals surface area contributed by atoms with Crippen LogP contribution in [-0.4, -0.2) is 53.6 Å². The maximum Gasteiger partial charge on any atom is 0.408 e. The molecule has 1 aromatic heterocycles. The number of amides is 1. The third-order valence-electron chi connectivity index (χ3n) is 8.49. The van der Waals surface area contributed by atoms with Gasteiger partial charge >= 0.3 is 12.1 Å². The fraction of sp³-hybridized carbons (Fsp3) is 0.581. The lowest BCUT2D eigenvalue weighted by molar-refractivity contribution is -0.140. The van der Waals surface area contributed by atoms with E-state index in [2.05, 4.69) is 34.9 Å². The van der Waals surface area contributed by atoms with Gasteiger partial charge in [-0.15, -0.1) is 0 Å². The number of carbonyl (C=O) groups is 2. The van der Waals surface area contributed by atoms with E-state index in [0.29, 0.717) is 12.5 Å². The zero-order valence-electron chi connectivity index (χ0n) is 22.6. The minimum Gasteiger partial charge on any atom is -0.480 e. The summed E-state index contributed by atoms with van der Waals surface area (Å²) in [6.07, 6.45) is 9.60. The highest BCUT2D eigenvalue weighted by atomic mass is 16.6. The molecule has 2 heterocycles. The number of benzene rings is 1. The number of fused-ring (bicyclic) bond motifs is 1. The van der Waals surface area contributed by atoms with Gasteiger partial charge in [-0.05, 0) is 80.9 Å². The molecule has 1 aromatic carbocycles. The number of pyridine rings is 1. The van der Waals surface area contributed by atoms with Gasteiger partial charge < -0.3 is 25.2 Å². The smallest absolute Gasteiger partial charge is 0.408 e. The summed E-state index contributed by atoms with van der Waals surface area (Å²) >= 11 is 0. The summed E-state index contributed by atoms with van der Waals surface area (Å²) in [7, 11) is 0. The number of hydrogen-bond acceptors (Lipinski definition) is 6. The van der Waals surface area contributed by atoms with Crippen molar-refractivity contribution < 1.29 is 24.2 Å². The quantitative estimate of drug-likeness (QED) is 0.350. The van der Waals surface area contributed by atoms with Gasteiger partial charge in [-0.1, -0.05) is 42.8 Å². The molecule has 2 aromatic rings. The molecule has 3 atom stereocenters. The Balaban J connectivity index is 1.00. The Hall–Kier alpha value is -3.13. The second-order valence-electron chi connectivity index (χ2n) is 11.3. The first-order chi connectivity index (χ1) is 19.0. The fourth-order valence-corrected chi connectivity index (χ4v) is 6.15. The predicted molar refractivity (Wildman–Crippen MR) is 149 cm³/mol. The fourth-order valence-electron chi connectivity index (χ4n) is 6.15. The van der Waals surface area contributed by atoms with Gasteiger partial charge in [0.2, 0.25) is 0 Å². The van der Waals surface area contributed by atoms with Crippen LogP contribution in [0, 0.1) is 5.92 Å². The first-order valence-corrected chi connectivity index (χ1v) is 14.6. The highest BCUT2D eigenvalue weighted by Crippen LogP contribution is 2.35. The van der Waals surface area contributed by atoms with Gasteiger partial charge in [-0.3, -0.25) is 0 Å². The van der Waals surface area contributed by atoms with E-state index in [-0.39, 0.29) is 24.5 Å². The van der Waals surface area contributed by atoms with Crippen LogP contribution in [0.4, 0.5) is 10.6 Å². The van der Waals surface area contributed by atoms with Crippen molar-refractivity contribution in [3.8, 4) is 0 Å². The zero-order valence-corrected chi connectivity index (χ0v) is 22.6. The van der Waals surface area contributed by atoms with Crippen molar-refractivity contribution in [2.24, 2.45) is 5.92 Å². The van der Waals surface area contributed by atoms with Crippen molar-refractivity contribution in [2.45, 2.75) is 94.8 Å². The first-order valence-electron chi connectivity index (χ1n) is 14.6. The number of ether oxygens (including phenoxy) is 2. The predicted octanol–water partition coefficient (Wildman–Crippen LogP) is 5.46. The lowest BCUT2D eigenvalue weighted by Gasteiger charge is -2.35. The molecule has 1 amide bonds. The van der Waals surface area contributed by atoms with Gasteiger partial charge in [-0.25, -0.2) is 14.6 Å². The summed E-state index contributed by atoms with van der Waals surface area (Å²) in [5.41, 5.74) is 3.61. The van der Waals surface area contributed by atoms with Gasteiger partial charge in [0.05, 0.1) is 6.10 Å². The molecule has 5 rings (SSSR count). The summed E-state index contributed by atoms with van der Waals surface area (Å²) < 4.78 is 11.7. The number of alkyl carbamates (subject to hydrolysis) is 1. The Morgan fingerprint density at radius 2 is 1.90 bits per heavy atom. The van der Waals surface area contributed by atoms with Crippen LogP contribution in [-0.2, 0) is 27.1 Å². The molecule has 2 fully saturated rings. The molecule has 8 nitrogen and oxygen atoms in total. The second kappa shape index (κ2) is 13.3. The number of carboxylic acid groups (broad SMARTS) is 1. The minimum atomic E-state index is -1.07. The summed E-state index contributed by atoms with van der Waals surface area (Å²) in [5.74, 6) is 0.729. The topological polar surface area (TPSA) is 110 Å². The lowest BCUT2D eigenvalue weighted by Crippen LogP contribution is -2.44. The normalized spacial score (nSPS) is 24.9. The van der Waals surface area contributed by atoms with Crippen LogP contribution in [0.25, 0.3) is 0 Å². The van der Waals surface area contributed by atoms with E-state index in [4.69, 9.17) is 14.5 Å². The SMILES string of the molecule is O=C(NC(CCO[C@H]1C[C@H](CCc2ccc3c(n2)NCCC3)C1)C(=O)O)O[C@@H]1CCCC[C@H]1c1ccccc1. The van der Waals surface area contributed by atoms with Crippen LogP contribution in [0.2, 0.25) is 0 Å². The molecule has 2 saturated carbocycles. The van der Waals surface area contributed by atoms with E-state index in [9.17, 15) is 14.7 Å². The number of aromatic nitrogens is 1. The van der Waals surface area contributed by atoms with E-state index in [1.807, 2.05) is 18.2 Å². The van der Waals surface area contributed by atoms with Crippen molar-refractivity contribution in [1.82, 2.24) is 10.3 Å². The number of carbonyl (C=O) groups excluding carboxylic acids is 1. The van der Waals surface area contributed by atoms with Crippen molar-refractivity contribution in [1.29, 1.82) is 0 Å². The number of anilines is 1. The van der Waals surface area contributed by atoms with E-state index in [1.54, 1.807) is 0 Å². The largest absolute Gasteiger partial charge is 0.480 e. The van der Waals surface area contributed by atoms with Crippen LogP contribution < -0.4 is 10.6 Å². The molecule has 3 aliphatic rings. The Labute approximate surface area is 230 Å². The standard InChI is InChI=1S/C31H41N3O5/c35-30(36)27(34-31(37)39-28-11-5-4-10-26(28)22-7-2-1-3-8-22)16-18-38-25-19-21(20-25)12-14-24-15-13-23-9-6-17-32-29(23)33-24/h1-3,7-8,13,15,21,25-28H,4-6,9-12,14,16-20H2,(H,32,33)(H,34,37)(H,35,36)/t21-,25-,26-,27?,28+/m0/s1. The van der Waals surface area contributed by atoms with Crippen molar-refractivity contribution >= 4 is 17.9 Å². The van der Waals surface area contributed by atoms with E-state index in [1.165, 1.54) is 12.0 Å². The molecule has 2 aliphatic carbocycles. The van der Waals surface area contributed by atoms with Gasteiger partial charge in [0.15, 0.2) is 0 Å². The Morgan fingerprint density at radius 3 is 2.72 bits per heavy atom. The molecular weight excluding hydrogens is 494 g/mol. The molecule has 39 heavy (non-hydrogen) atoms. The van der Waals surface area contributed by atoms with E-state index < -0.39 is 18.1 Å². The summed E-state index contributed by atoms with van der Waals surface area (Å²) in [6.45, 7) is 1.29. The van der Waals surface area contributed by atoms with Crippen LogP contribution >= 0.6 is 0 Å². The van der Waals surface area contributed by atoms with E-state index in [0.717, 1.165) is 81.4 Å². The molecule has 3 N–H and O–H groups in total. The molecule has 0 radical (unpaired) electrons. The highest BCUT2D eigenvalue weighted by molar-refractivity contribution is 5.79. The van der Waals surface area contributed by atoms with Gasteiger partial charge in [0.1, 0.15) is 18.0 Å². The number of nitrogens with zero attached hydrogens (tertiary/aromatic N) is 1. The number of aryl methyl sites for hydroxylation is 2. The van der Waals surface area contributed by atoms with Crippen molar-refractivity contribution in [2.75, 3.05) is 18.5 Å². The molecule has 1 unspecified atom stereocenters. The highest BCUT2D eigenvalue weighted by Gasteiger charge is 2.32. The number of carboxylic acids is 1. The van der Waals surface area contributed by atoms with Gasteiger partial charge in [0.25, 0.3) is 0 Å². The van der Waals surface area contributed by atoms with Crippen LogP contribution in [0.5, 0.6) is 0 Å². The zero-order chi connectivity index (χ0) is 27.0. The molecule has 8 heteroatoms. The molecular formula is C31H41N3O5. The van der Waals surface area contributed by atoms with Crippen LogP contribution in [0.1, 0.15) is 80.5 Å². The summed E-state index contributed by atoms with van der Waals surface area (Å²) in [6, 6.07) is 13.4.